The first-order valence-corrected chi connectivity index (χ1v) is 9.14. The third-order valence-electron chi connectivity index (χ3n) is 4.93. The lowest BCUT2D eigenvalue weighted by Crippen LogP contribution is -2.59. The van der Waals surface area contributed by atoms with Crippen molar-refractivity contribution in [2.45, 2.75) is 12.1 Å². The molecule has 2 aliphatic rings. The SMILES string of the molecule is O=C([C@H](c1cccnc1)N1CCOCC1)N1CC(Oc2ccccc2F)C1. The summed E-state index contributed by atoms with van der Waals surface area (Å²) in [4.78, 5) is 21.2. The topological polar surface area (TPSA) is 54.9 Å². The third kappa shape index (κ3) is 3.94. The van der Waals surface area contributed by atoms with Crippen LogP contribution >= 0.6 is 0 Å². The molecule has 1 atom stereocenters. The molecule has 7 heteroatoms. The molecule has 0 aliphatic carbocycles. The summed E-state index contributed by atoms with van der Waals surface area (Å²) in [5.41, 5.74) is 0.878. The fourth-order valence-corrected chi connectivity index (χ4v) is 3.47. The van der Waals surface area contributed by atoms with Crippen LogP contribution < -0.4 is 4.74 Å². The van der Waals surface area contributed by atoms with E-state index in [4.69, 9.17) is 9.47 Å². The van der Waals surface area contributed by atoms with Gasteiger partial charge in [0.25, 0.3) is 0 Å². The van der Waals surface area contributed by atoms with E-state index in [0.29, 0.717) is 39.4 Å². The number of rotatable bonds is 5. The van der Waals surface area contributed by atoms with Crippen molar-refractivity contribution in [3.8, 4) is 5.75 Å². The molecule has 0 unspecified atom stereocenters. The van der Waals surface area contributed by atoms with Crippen molar-refractivity contribution in [1.82, 2.24) is 14.8 Å². The Labute approximate surface area is 157 Å². The van der Waals surface area contributed by atoms with Gasteiger partial charge in [0.05, 0.1) is 26.3 Å². The van der Waals surface area contributed by atoms with Crippen LogP contribution in [0.5, 0.6) is 5.75 Å². The highest BCUT2D eigenvalue weighted by Crippen LogP contribution is 2.28. The first-order chi connectivity index (χ1) is 13.2. The zero-order valence-electron chi connectivity index (χ0n) is 15.0. The Bertz CT molecular complexity index is 777. The second-order valence-electron chi connectivity index (χ2n) is 6.75. The maximum absolute atomic E-state index is 13.7. The summed E-state index contributed by atoms with van der Waals surface area (Å²) in [6, 6.07) is 9.72. The van der Waals surface area contributed by atoms with Gasteiger partial charge >= 0.3 is 0 Å². The summed E-state index contributed by atoms with van der Waals surface area (Å²) in [5.74, 6) is -0.131. The van der Waals surface area contributed by atoms with Crippen LogP contribution in [0.25, 0.3) is 0 Å². The first-order valence-electron chi connectivity index (χ1n) is 9.14. The minimum Gasteiger partial charge on any atom is -0.484 e. The number of ether oxygens (including phenoxy) is 2. The summed E-state index contributed by atoms with van der Waals surface area (Å²) in [6.07, 6.45) is 3.25. The van der Waals surface area contributed by atoms with Crippen molar-refractivity contribution < 1.29 is 18.7 Å². The van der Waals surface area contributed by atoms with E-state index < -0.39 is 0 Å². The summed E-state index contributed by atoms with van der Waals surface area (Å²) in [5, 5.41) is 0. The number of halogens is 1. The molecule has 1 amide bonds. The molecule has 142 valence electrons. The molecule has 2 aromatic rings. The number of para-hydroxylation sites is 1. The number of carbonyl (C=O) groups is 1. The third-order valence-corrected chi connectivity index (χ3v) is 4.93. The molecule has 0 saturated carbocycles. The molecule has 2 saturated heterocycles. The summed E-state index contributed by atoms with van der Waals surface area (Å²) >= 11 is 0. The molecule has 6 nitrogen and oxygen atoms in total. The first kappa shape index (κ1) is 17.9. The molecule has 27 heavy (non-hydrogen) atoms. The molecule has 0 N–H and O–H groups in total. The van der Waals surface area contributed by atoms with Gasteiger partial charge in [-0.3, -0.25) is 14.7 Å². The molecular formula is C20H22FN3O3. The molecule has 2 aliphatic heterocycles. The lowest BCUT2D eigenvalue weighted by molar-refractivity contribution is -0.148. The molecular weight excluding hydrogens is 349 g/mol. The minimum atomic E-state index is -0.385. The smallest absolute Gasteiger partial charge is 0.244 e. The minimum absolute atomic E-state index is 0.0262. The van der Waals surface area contributed by atoms with Crippen molar-refractivity contribution in [3.05, 3.63) is 60.2 Å². The highest BCUT2D eigenvalue weighted by Gasteiger charge is 2.39. The maximum atomic E-state index is 13.7. The van der Waals surface area contributed by atoms with Crippen molar-refractivity contribution in [2.75, 3.05) is 39.4 Å². The quantitative estimate of drug-likeness (QED) is 0.803. The van der Waals surface area contributed by atoms with Gasteiger partial charge in [0.1, 0.15) is 12.1 Å². The molecule has 2 fully saturated rings. The normalized spacial score (nSPS) is 19.4. The van der Waals surface area contributed by atoms with E-state index >= 15 is 0 Å². The van der Waals surface area contributed by atoms with E-state index in [1.807, 2.05) is 12.1 Å². The number of hydrogen-bond acceptors (Lipinski definition) is 5. The number of morpholine rings is 1. The lowest BCUT2D eigenvalue weighted by Gasteiger charge is -2.43. The predicted molar refractivity (Wildman–Crippen MR) is 96.8 cm³/mol. The van der Waals surface area contributed by atoms with Crippen LogP contribution in [0.4, 0.5) is 4.39 Å². The molecule has 0 bridgehead atoms. The van der Waals surface area contributed by atoms with E-state index in [2.05, 4.69) is 9.88 Å². The fourth-order valence-electron chi connectivity index (χ4n) is 3.47. The van der Waals surface area contributed by atoms with Gasteiger partial charge in [-0.1, -0.05) is 18.2 Å². The van der Waals surface area contributed by atoms with Gasteiger partial charge in [0, 0.05) is 25.5 Å². The van der Waals surface area contributed by atoms with E-state index in [-0.39, 0.29) is 29.6 Å². The number of amides is 1. The Balaban J connectivity index is 1.43. The lowest BCUT2D eigenvalue weighted by atomic mass is 10.0. The van der Waals surface area contributed by atoms with E-state index in [1.165, 1.54) is 6.07 Å². The Morgan fingerprint density at radius 1 is 1.19 bits per heavy atom. The van der Waals surface area contributed by atoms with E-state index in [1.54, 1.807) is 35.5 Å². The average molecular weight is 371 g/mol. The average Bonchev–Trinajstić information content (AvgIpc) is 2.67. The fraction of sp³-hybridized carbons (Fsp3) is 0.400. The highest BCUT2D eigenvalue weighted by molar-refractivity contribution is 5.84. The van der Waals surface area contributed by atoms with E-state index in [0.717, 1.165) is 5.56 Å². The molecule has 0 radical (unpaired) electrons. The van der Waals surface area contributed by atoms with Gasteiger partial charge in [0.15, 0.2) is 11.6 Å². The molecule has 4 rings (SSSR count). The van der Waals surface area contributed by atoms with Crippen LogP contribution in [-0.2, 0) is 9.53 Å². The second kappa shape index (κ2) is 8.02. The van der Waals surface area contributed by atoms with Crippen LogP contribution in [0.3, 0.4) is 0 Å². The Kier molecular flexibility index (Phi) is 5.31. The summed E-state index contributed by atoms with van der Waals surface area (Å²) in [6.45, 7) is 3.54. The monoisotopic (exact) mass is 371 g/mol. The molecule has 3 heterocycles. The number of nitrogens with zero attached hydrogens (tertiary/aromatic N) is 3. The van der Waals surface area contributed by atoms with Crippen molar-refractivity contribution >= 4 is 5.91 Å². The van der Waals surface area contributed by atoms with Crippen LogP contribution in [0.1, 0.15) is 11.6 Å². The Morgan fingerprint density at radius 3 is 2.67 bits per heavy atom. The number of likely N-dealkylation sites (tertiary alicyclic amines) is 1. The van der Waals surface area contributed by atoms with Crippen LogP contribution in [-0.4, -0.2) is 66.2 Å². The van der Waals surface area contributed by atoms with Crippen molar-refractivity contribution in [2.24, 2.45) is 0 Å². The van der Waals surface area contributed by atoms with Crippen LogP contribution in [0.15, 0.2) is 48.8 Å². The van der Waals surface area contributed by atoms with Crippen molar-refractivity contribution in [1.29, 1.82) is 0 Å². The highest BCUT2D eigenvalue weighted by atomic mass is 19.1. The van der Waals surface area contributed by atoms with Gasteiger partial charge in [-0.2, -0.15) is 0 Å². The van der Waals surface area contributed by atoms with Gasteiger partial charge < -0.3 is 14.4 Å². The van der Waals surface area contributed by atoms with Gasteiger partial charge in [-0.15, -0.1) is 0 Å². The maximum Gasteiger partial charge on any atom is 0.244 e. The number of carbonyl (C=O) groups excluding carboxylic acids is 1. The number of aromatic nitrogens is 1. The van der Waals surface area contributed by atoms with Crippen LogP contribution in [0.2, 0.25) is 0 Å². The Morgan fingerprint density at radius 2 is 1.96 bits per heavy atom. The van der Waals surface area contributed by atoms with Gasteiger partial charge in [-0.05, 0) is 23.8 Å². The Hall–Kier alpha value is -2.51. The molecule has 1 aromatic carbocycles. The zero-order chi connectivity index (χ0) is 18.6. The summed E-state index contributed by atoms with van der Waals surface area (Å²) in [7, 11) is 0. The largest absolute Gasteiger partial charge is 0.484 e. The van der Waals surface area contributed by atoms with Crippen LogP contribution in [0, 0.1) is 5.82 Å². The summed E-state index contributed by atoms with van der Waals surface area (Å²) < 4.78 is 24.8. The number of hydrogen-bond donors (Lipinski definition) is 0. The number of pyridine rings is 1. The zero-order valence-corrected chi connectivity index (χ0v) is 15.0. The van der Waals surface area contributed by atoms with Crippen molar-refractivity contribution in [3.63, 3.8) is 0 Å². The standard InChI is InChI=1S/C20H22FN3O3/c21-17-5-1-2-6-18(17)27-16-13-24(14-16)20(25)19(15-4-3-7-22-12-15)23-8-10-26-11-9-23/h1-7,12,16,19H,8-11,13-14H2/t19-/m0/s1. The van der Waals surface area contributed by atoms with E-state index in [9.17, 15) is 9.18 Å². The second-order valence-corrected chi connectivity index (χ2v) is 6.75. The van der Waals surface area contributed by atoms with Gasteiger partial charge in [0.2, 0.25) is 5.91 Å². The molecule has 0 spiro atoms. The number of benzene rings is 1. The molecule has 1 aromatic heterocycles. The predicted octanol–water partition coefficient (Wildman–Crippen LogP) is 1.88. The van der Waals surface area contributed by atoms with Gasteiger partial charge in [-0.25, -0.2) is 4.39 Å².